The predicted molar refractivity (Wildman–Crippen MR) is 105 cm³/mol. The quantitative estimate of drug-likeness (QED) is 0.594. The molecule has 6 nitrogen and oxygen atoms in total. The van der Waals surface area contributed by atoms with Crippen molar-refractivity contribution < 1.29 is 9.18 Å². The molecule has 0 unspecified atom stereocenters. The lowest BCUT2D eigenvalue weighted by Crippen LogP contribution is -2.32. The van der Waals surface area contributed by atoms with Crippen molar-refractivity contribution in [3.8, 4) is 0 Å². The van der Waals surface area contributed by atoms with Crippen LogP contribution in [0.15, 0.2) is 59.5 Å². The van der Waals surface area contributed by atoms with Gasteiger partial charge >= 0.3 is 0 Å². The summed E-state index contributed by atoms with van der Waals surface area (Å²) in [6.45, 7) is 1.95. The number of aryl methyl sites for hydroxylation is 1. The molecule has 0 spiro atoms. The molecular weight excluding hydrogens is 359 g/mol. The summed E-state index contributed by atoms with van der Waals surface area (Å²) in [6, 6.07) is 13.0. The molecule has 0 saturated heterocycles. The van der Waals surface area contributed by atoms with E-state index < -0.39 is 6.04 Å². The van der Waals surface area contributed by atoms with Crippen LogP contribution in [0.3, 0.4) is 0 Å². The lowest BCUT2D eigenvalue weighted by atomic mass is 10.2. The molecule has 0 aliphatic carbocycles. The summed E-state index contributed by atoms with van der Waals surface area (Å²) in [6.07, 6.45) is 1.65. The van der Waals surface area contributed by atoms with Gasteiger partial charge in [0.15, 0.2) is 0 Å². The van der Waals surface area contributed by atoms with Crippen molar-refractivity contribution in [2.24, 2.45) is 7.05 Å². The van der Waals surface area contributed by atoms with E-state index in [1.54, 1.807) is 36.9 Å². The van der Waals surface area contributed by atoms with E-state index in [-0.39, 0.29) is 23.8 Å². The second kappa shape index (κ2) is 6.92. The number of hydrogen-bond acceptors (Lipinski definition) is 3. The second-order valence-electron chi connectivity index (χ2n) is 6.75. The van der Waals surface area contributed by atoms with Crippen LogP contribution in [-0.2, 0) is 18.4 Å². The Balaban J connectivity index is 1.75. The van der Waals surface area contributed by atoms with E-state index in [2.05, 4.69) is 10.4 Å². The van der Waals surface area contributed by atoms with E-state index in [0.29, 0.717) is 16.5 Å². The van der Waals surface area contributed by atoms with Crippen molar-refractivity contribution in [3.63, 3.8) is 0 Å². The number of nitrogens with zero attached hydrogens (tertiary/aromatic N) is 3. The molecule has 1 atom stereocenters. The average Bonchev–Trinajstić information content (AvgIpc) is 3.03. The summed E-state index contributed by atoms with van der Waals surface area (Å²) in [5.41, 5.74) is 1.63. The van der Waals surface area contributed by atoms with Gasteiger partial charge < -0.3 is 9.88 Å². The van der Waals surface area contributed by atoms with Gasteiger partial charge in [-0.2, -0.15) is 5.10 Å². The number of para-hydroxylation sites is 1. The molecule has 2 aromatic carbocycles. The highest BCUT2D eigenvalue weighted by Gasteiger charge is 2.23. The molecule has 0 aliphatic heterocycles. The zero-order valence-electron chi connectivity index (χ0n) is 15.5. The summed E-state index contributed by atoms with van der Waals surface area (Å²) < 4.78 is 16.3. The third kappa shape index (κ3) is 2.94. The zero-order chi connectivity index (χ0) is 19.8. The van der Waals surface area contributed by atoms with Crippen molar-refractivity contribution in [2.75, 3.05) is 0 Å². The van der Waals surface area contributed by atoms with Gasteiger partial charge in [0.25, 0.3) is 5.56 Å². The lowest BCUT2D eigenvalue weighted by Gasteiger charge is -2.16. The fraction of sp³-hybridized carbons (Fsp3) is 0.190. The molecule has 142 valence electrons. The Labute approximate surface area is 160 Å². The standard InChI is InChI=1S/C21H19FN4O2/c1-13(20(27)23-11-14-6-5-7-15(22)10-14)26-18-9-4-3-8-16(18)17-12-24-25(2)21(28)19(17)26/h3-10,12-13H,11H2,1-2H3,(H,23,27)/t13-/m1/s1. The highest BCUT2D eigenvalue weighted by Crippen LogP contribution is 2.29. The summed E-state index contributed by atoms with van der Waals surface area (Å²) >= 11 is 0. The fourth-order valence-corrected chi connectivity index (χ4v) is 3.49. The summed E-state index contributed by atoms with van der Waals surface area (Å²) in [5.74, 6) is -0.607. The summed E-state index contributed by atoms with van der Waals surface area (Å²) in [7, 11) is 1.58. The zero-order valence-corrected chi connectivity index (χ0v) is 15.5. The molecule has 7 heteroatoms. The Kier molecular flexibility index (Phi) is 4.43. The number of nitrogens with one attached hydrogen (secondary N) is 1. The van der Waals surface area contributed by atoms with Gasteiger partial charge in [-0.3, -0.25) is 9.59 Å². The number of aromatic nitrogens is 3. The summed E-state index contributed by atoms with van der Waals surface area (Å²) in [5, 5.41) is 8.52. The van der Waals surface area contributed by atoms with Crippen LogP contribution in [0, 0.1) is 5.82 Å². The third-order valence-electron chi connectivity index (χ3n) is 4.93. The van der Waals surface area contributed by atoms with E-state index in [4.69, 9.17) is 0 Å². The molecule has 4 rings (SSSR count). The van der Waals surface area contributed by atoms with E-state index in [1.807, 2.05) is 24.3 Å². The minimum atomic E-state index is -0.633. The molecule has 4 aromatic rings. The molecule has 0 fully saturated rings. The van der Waals surface area contributed by atoms with Gasteiger partial charge in [0.05, 0.1) is 11.7 Å². The first-order valence-corrected chi connectivity index (χ1v) is 8.94. The van der Waals surface area contributed by atoms with Crippen LogP contribution in [0.2, 0.25) is 0 Å². The molecule has 1 amide bonds. The molecule has 0 aliphatic rings. The Morgan fingerprint density at radius 1 is 1.18 bits per heavy atom. The molecule has 0 bridgehead atoms. The van der Waals surface area contributed by atoms with Crippen LogP contribution in [0.5, 0.6) is 0 Å². The maximum absolute atomic E-state index is 13.3. The van der Waals surface area contributed by atoms with Gasteiger partial charge in [-0.15, -0.1) is 0 Å². The van der Waals surface area contributed by atoms with Crippen molar-refractivity contribution in [3.05, 3.63) is 76.5 Å². The van der Waals surface area contributed by atoms with Crippen LogP contribution in [0.1, 0.15) is 18.5 Å². The van der Waals surface area contributed by atoms with E-state index >= 15 is 0 Å². The topological polar surface area (TPSA) is 68.9 Å². The van der Waals surface area contributed by atoms with Gasteiger partial charge in [-0.1, -0.05) is 30.3 Å². The van der Waals surface area contributed by atoms with E-state index in [9.17, 15) is 14.0 Å². The van der Waals surface area contributed by atoms with Crippen LogP contribution in [0.4, 0.5) is 4.39 Å². The predicted octanol–water partition coefficient (Wildman–Crippen LogP) is 2.90. The Morgan fingerprint density at radius 3 is 2.75 bits per heavy atom. The van der Waals surface area contributed by atoms with E-state index in [1.165, 1.54) is 16.8 Å². The molecular formula is C21H19FN4O2. The van der Waals surface area contributed by atoms with Crippen LogP contribution < -0.4 is 10.9 Å². The maximum atomic E-state index is 13.3. The first-order valence-electron chi connectivity index (χ1n) is 8.94. The third-order valence-corrected chi connectivity index (χ3v) is 4.93. The smallest absolute Gasteiger partial charge is 0.291 e. The van der Waals surface area contributed by atoms with Crippen molar-refractivity contribution in [2.45, 2.75) is 19.5 Å². The highest BCUT2D eigenvalue weighted by atomic mass is 19.1. The highest BCUT2D eigenvalue weighted by molar-refractivity contribution is 6.08. The monoisotopic (exact) mass is 378 g/mol. The first kappa shape index (κ1) is 17.9. The molecule has 1 N–H and O–H groups in total. The van der Waals surface area contributed by atoms with Crippen molar-refractivity contribution >= 4 is 27.7 Å². The number of rotatable bonds is 4. The number of amides is 1. The number of benzene rings is 2. The summed E-state index contributed by atoms with van der Waals surface area (Å²) in [4.78, 5) is 25.6. The van der Waals surface area contributed by atoms with Gasteiger partial charge in [0, 0.05) is 24.4 Å². The molecule has 2 heterocycles. The minimum Gasteiger partial charge on any atom is -0.350 e. The Bertz CT molecular complexity index is 1260. The number of halogens is 1. The van der Waals surface area contributed by atoms with Crippen LogP contribution in [0.25, 0.3) is 21.8 Å². The molecule has 0 saturated carbocycles. The first-order chi connectivity index (χ1) is 13.5. The lowest BCUT2D eigenvalue weighted by molar-refractivity contribution is -0.123. The van der Waals surface area contributed by atoms with E-state index in [0.717, 1.165) is 10.9 Å². The van der Waals surface area contributed by atoms with Gasteiger partial charge in [0.1, 0.15) is 17.4 Å². The number of fused-ring (bicyclic) bond motifs is 3. The number of hydrogen-bond donors (Lipinski definition) is 1. The Hall–Kier alpha value is -3.48. The Morgan fingerprint density at radius 2 is 1.96 bits per heavy atom. The van der Waals surface area contributed by atoms with Gasteiger partial charge in [-0.25, -0.2) is 9.07 Å². The normalized spacial score (nSPS) is 12.4. The molecule has 2 aromatic heterocycles. The number of carbonyl (C=O) groups excluding carboxylic acids is 1. The molecule has 28 heavy (non-hydrogen) atoms. The van der Waals surface area contributed by atoms with Gasteiger partial charge in [0.2, 0.25) is 5.91 Å². The van der Waals surface area contributed by atoms with Crippen LogP contribution in [-0.4, -0.2) is 20.3 Å². The fourth-order valence-electron chi connectivity index (χ4n) is 3.49. The van der Waals surface area contributed by atoms with Crippen molar-refractivity contribution in [1.29, 1.82) is 0 Å². The largest absolute Gasteiger partial charge is 0.350 e. The number of carbonyl (C=O) groups is 1. The second-order valence-corrected chi connectivity index (χ2v) is 6.75. The van der Waals surface area contributed by atoms with Crippen LogP contribution >= 0.6 is 0 Å². The SMILES string of the molecule is C[C@H](C(=O)NCc1cccc(F)c1)n1c2ccccc2c2cnn(C)c(=O)c21. The average molecular weight is 378 g/mol. The minimum absolute atomic E-state index is 0.206. The maximum Gasteiger partial charge on any atom is 0.291 e. The van der Waals surface area contributed by atoms with Crippen molar-refractivity contribution in [1.82, 2.24) is 19.7 Å². The molecule has 0 radical (unpaired) electrons. The van der Waals surface area contributed by atoms with Gasteiger partial charge in [-0.05, 0) is 30.7 Å².